The Morgan fingerprint density at radius 2 is 2.00 bits per heavy atom. The van der Waals surface area contributed by atoms with Gasteiger partial charge in [0.05, 0.1) is 12.7 Å². The fourth-order valence-electron chi connectivity index (χ4n) is 3.62. The monoisotopic (exact) mass is 330 g/mol. The van der Waals surface area contributed by atoms with Crippen LogP contribution in [0.2, 0.25) is 0 Å². The molecule has 1 N–H and O–H groups in total. The molecule has 4 heteroatoms. The minimum absolute atomic E-state index is 0.276. The van der Waals surface area contributed by atoms with E-state index in [4.69, 9.17) is 4.74 Å². The number of esters is 1. The van der Waals surface area contributed by atoms with E-state index in [1.165, 1.54) is 20.0 Å². The molecule has 0 bridgehead atoms. The van der Waals surface area contributed by atoms with Gasteiger partial charge >= 0.3 is 5.97 Å². The number of ether oxygens (including phenoxy) is 1. The van der Waals surface area contributed by atoms with E-state index in [2.05, 4.69) is 37.8 Å². The van der Waals surface area contributed by atoms with Crippen LogP contribution in [0.15, 0.2) is 18.7 Å². The molecule has 0 radical (unpaired) electrons. The number of anilines is 1. The van der Waals surface area contributed by atoms with Gasteiger partial charge in [-0.05, 0) is 63.4 Å². The molecule has 4 nitrogen and oxygen atoms in total. The Balaban J connectivity index is 2.25. The molecule has 1 aromatic carbocycles. The van der Waals surface area contributed by atoms with Gasteiger partial charge in [-0.2, -0.15) is 0 Å². The summed E-state index contributed by atoms with van der Waals surface area (Å²) in [5.74, 6) is -0.276. The lowest BCUT2D eigenvalue weighted by atomic mass is 9.89. The molecule has 0 atom stereocenters. The summed E-state index contributed by atoms with van der Waals surface area (Å²) in [5.41, 5.74) is 3.77. The van der Waals surface area contributed by atoms with Gasteiger partial charge in [-0.25, -0.2) is 4.79 Å². The van der Waals surface area contributed by atoms with Crippen molar-refractivity contribution >= 4 is 17.7 Å². The summed E-state index contributed by atoms with van der Waals surface area (Å²) in [6, 6.07) is 4.91. The maximum absolute atomic E-state index is 12.1. The first kappa shape index (κ1) is 18.5. The Hall–Kier alpha value is -1.81. The van der Waals surface area contributed by atoms with Crippen LogP contribution in [0.25, 0.3) is 6.08 Å². The van der Waals surface area contributed by atoms with Crippen molar-refractivity contribution in [3.63, 3.8) is 0 Å². The predicted molar refractivity (Wildman–Crippen MR) is 101 cm³/mol. The summed E-state index contributed by atoms with van der Waals surface area (Å²) >= 11 is 0. The van der Waals surface area contributed by atoms with Gasteiger partial charge in [-0.1, -0.05) is 25.6 Å². The fourth-order valence-corrected chi connectivity index (χ4v) is 3.62. The van der Waals surface area contributed by atoms with Crippen molar-refractivity contribution in [2.75, 3.05) is 26.5 Å². The minimum atomic E-state index is -0.276. The Bertz CT molecular complexity index is 588. The second kappa shape index (κ2) is 8.34. The average Bonchev–Trinajstić information content (AvgIpc) is 2.61. The molecule has 24 heavy (non-hydrogen) atoms. The van der Waals surface area contributed by atoms with Crippen LogP contribution in [0, 0.1) is 0 Å². The average molecular weight is 330 g/mol. The second-order valence-electron chi connectivity index (χ2n) is 6.72. The van der Waals surface area contributed by atoms with Crippen molar-refractivity contribution < 1.29 is 9.53 Å². The predicted octanol–water partition coefficient (Wildman–Crippen LogP) is 3.96. The summed E-state index contributed by atoms with van der Waals surface area (Å²) in [7, 11) is 5.74. The highest BCUT2D eigenvalue weighted by Crippen LogP contribution is 2.31. The van der Waals surface area contributed by atoms with Crippen molar-refractivity contribution in [2.45, 2.75) is 51.1 Å². The normalized spacial score (nSPS) is 20.7. The summed E-state index contributed by atoms with van der Waals surface area (Å²) in [6.07, 6.45) is 7.32. The molecule has 0 amide bonds. The maximum atomic E-state index is 12.1. The number of hydrogen-bond donors (Lipinski definition) is 1. The summed E-state index contributed by atoms with van der Waals surface area (Å²) < 4.78 is 4.94. The molecule has 2 rings (SSSR count). The zero-order chi connectivity index (χ0) is 17.7. The molecular formula is C20H30N2O2. The molecule has 1 aliphatic rings. The highest BCUT2D eigenvalue weighted by Gasteiger charge is 2.24. The third kappa shape index (κ3) is 3.99. The number of rotatable bonds is 6. The molecular weight excluding hydrogens is 300 g/mol. The first-order valence-corrected chi connectivity index (χ1v) is 8.81. The van der Waals surface area contributed by atoms with Gasteiger partial charge in [0.25, 0.3) is 0 Å². The Kier molecular flexibility index (Phi) is 6.44. The van der Waals surface area contributed by atoms with Gasteiger partial charge in [0, 0.05) is 17.8 Å². The Labute approximate surface area is 145 Å². The van der Waals surface area contributed by atoms with Crippen molar-refractivity contribution in [1.29, 1.82) is 0 Å². The van der Waals surface area contributed by atoms with E-state index >= 15 is 0 Å². The topological polar surface area (TPSA) is 41.6 Å². The molecule has 1 aromatic rings. The summed E-state index contributed by atoms with van der Waals surface area (Å²) in [4.78, 5) is 14.4. The maximum Gasteiger partial charge on any atom is 0.338 e. The van der Waals surface area contributed by atoms with E-state index in [1.54, 1.807) is 0 Å². The van der Waals surface area contributed by atoms with Crippen LogP contribution in [0.3, 0.4) is 0 Å². The zero-order valence-electron chi connectivity index (χ0n) is 15.4. The van der Waals surface area contributed by atoms with Gasteiger partial charge in [0.15, 0.2) is 0 Å². The number of nitrogens with one attached hydrogen (secondary N) is 1. The van der Waals surface area contributed by atoms with Crippen LogP contribution in [-0.4, -0.2) is 44.2 Å². The van der Waals surface area contributed by atoms with Gasteiger partial charge in [0.2, 0.25) is 0 Å². The first-order chi connectivity index (χ1) is 11.5. The highest BCUT2D eigenvalue weighted by molar-refractivity contribution is 5.94. The van der Waals surface area contributed by atoms with Crippen LogP contribution in [0.5, 0.6) is 0 Å². The molecule has 0 spiro atoms. The fraction of sp³-hybridized carbons (Fsp3) is 0.550. The molecule has 0 heterocycles. The van der Waals surface area contributed by atoms with Crippen LogP contribution in [0.4, 0.5) is 5.69 Å². The van der Waals surface area contributed by atoms with Crippen molar-refractivity contribution in [1.82, 2.24) is 4.90 Å². The number of carbonyl (C=O) groups excluding carboxylic acids is 1. The third-order valence-electron chi connectivity index (χ3n) is 5.10. The molecule has 1 fully saturated rings. The molecule has 0 unspecified atom stereocenters. The quantitative estimate of drug-likeness (QED) is 0.802. The van der Waals surface area contributed by atoms with Crippen molar-refractivity contribution in [2.24, 2.45) is 0 Å². The van der Waals surface area contributed by atoms with Gasteiger partial charge in [0.1, 0.15) is 0 Å². The number of nitrogens with zero attached hydrogens (tertiary/aromatic N) is 1. The SMILES string of the molecule is C=Cc1ccc(C(=O)OC)c(CC)c1NC1CCC(N(C)C)CC1. The van der Waals surface area contributed by atoms with E-state index in [-0.39, 0.29) is 5.97 Å². The first-order valence-electron chi connectivity index (χ1n) is 8.81. The lowest BCUT2D eigenvalue weighted by Crippen LogP contribution is -2.36. The second-order valence-corrected chi connectivity index (χ2v) is 6.72. The molecule has 1 aliphatic carbocycles. The molecule has 0 saturated heterocycles. The molecule has 0 aliphatic heterocycles. The standard InChI is InChI=1S/C20H30N2O2/c1-6-14-8-13-18(20(23)24-5)17(7-2)19(14)21-15-9-11-16(12-10-15)22(3)4/h6,8,13,15-16,21H,1,7,9-12H2,2-5H3. The molecule has 132 valence electrons. The lowest BCUT2D eigenvalue weighted by Gasteiger charge is -2.34. The van der Waals surface area contributed by atoms with E-state index in [0.29, 0.717) is 17.6 Å². The molecule has 0 aromatic heterocycles. The number of benzene rings is 1. The van der Waals surface area contributed by atoms with E-state index in [9.17, 15) is 4.79 Å². The minimum Gasteiger partial charge on any atom is -0.465 e. The molecule has 1 saturated carbocycles. The van der Waals surface area contributed by atoms with Crippen molar-refractivity contribution in [3.8, 4) is 0 Å². The Morgan fingerprint density at radius 3 is 2.50 bits per heavy atom. The van der Waals surface area contributed by atoms with Gasteiger partial charge < -0.3 is 15.0 Å². The van der Waals surface area contributed by atoms with Crippen molar-refractivity contribution in [3.05, 3.63) is 35.4 Å². The number of carbonyl (C=O) groups is 1. The van der Waals surface area contributed by atoms with Gasteiger partial charge in [-0.15, -0.1) is 0 Å². The summed E-state index contributed by atoms with van der Waals surface area (Å²) in [5, 5.41) is 3.70. The third-order valence-corrected chi connectivity index (χ3v) is 5.10. The smallest absolute Gasteiger partial charge is 0.338 e. The van der Waals surface area contributed by atoms with Crippen LogP contribution >= 0.6 is 0 Å². The van der Waals surface area contributed by atoms with Gasteiger partial charge in [-0.3, -0.25) is 0 Å². The van der Waals surface area contributed by atoms with Crippen LogP contribution < -0.4 is 5.32 Å². The van der Waals surface area contributed by atoms with Crippen LogP contribution in [-0.2, 0) is 11.2 Å². The number of hydrogen-bond acceptors (Lipinski definition) is 4. The van der Waals surface area contributed by atoms with E-state index in [1.807, 2.05) is 18.2 Å². The van der Waals surface area contributed by atoms with E-state index in [0.717, 1.165) is 36.1 Å². The summed E-state index contributed by atoms with van der Waals surface area (Å²) in [6.45, 7) is 6.00. The highest BCUT2D eigenvalue weighted by atomic mass is 16.5. The van der Waals surface area contributed by atoms with Crippen LogP contribution in [0.1, 0.15) is 54.1 Å². The van der Waals surface area contributed by atoms with E-state index < -0.39 is 0 Å². The number of methoxy groups -OCH3 is 1. The Morgan fingerprint density at radius 1 is 1.33 bits per heavy atom. The largest absolute Gasteiger partial charge is 0.465 e. The zero-order valence-corrected chi connectivity index (χ0v) is 15.4. The lowest BCUT2D eigenvalue weighted by molar-refractivity contribution is 0.0599.